The molecule has 0 spiro atoms. The highest BCUT2D eigenvalue weighted by atomic mass is 19.1. The molecular formula is C16H25BF2O3. The largest absolute Gasteiger partial charge is 0.494 e. The van der Waals surface area contributed by atoms with E-state index in [1.54, 1.807) is 0 Å². The van der Waals surface area contributed by atoms with Gasteiger partial charge in [-0.1, -0.05) is 51.9 Å². The number of hydrogen-bond donors (Lipinski definition) is 2. The minimum atomic E-state index is -2.17. The van der Waals surface area contributed by atoms with Crippen LogP contribution in [0.25, 0.3) is 0 Å². The Morgan fingerprint density at radius 3 is 1.91 bits per heavy atom. The van der Waals surface area contributed by atoms with E-state index in [1.807, 2.05) is 0 Å². The molecule has 0 fully saturated rings. The highest BCUT2D eigenvalue weighted by Crippen LogP contribution is 2.15. The molecule has 0 saturated heterocycles. The molecule has 2 N–H and O–H groups in total. The average Bonchev–Trinajstić information content (AvgIpc) is 2.44. The van der Waals surface area contributed by atoms with Crippen molar-refractivity contribution in [2.24, 2.45) is 0 Å². The second-order valence-electron chi connectivity index (χ2n) is 5.50. The number of hydrogen-bond acceptors (Lipinski definition) is 3. The summed E-state index contributed by atoms with van der Waals surface area (Å²) >= 11 is 0. The summed E-state index contributed by atoms with van der Waals surface area (Å²) in [6.45, 7) is 2.59. The van der Waals surface area contributed by atoms with Crippen molar-refractivity contribution in [3.63, 3.8) is 0 Å². The van der Waals surface area contributed by atoms with Crippen LogP contribution in [0.2, 0.25) is 0 Å². The van der Waals surface area contributed by atoms with Gasteiger partial charge in [-0.15, -0.1) is 0 Å². The zero-order chi connectivity index (χ0) is 16.4. The molecule has 3 nitrogen and oxygen atoms in total. The van der Waals surface area contributed by atoms with Gasteiger partial charge in [0.25, 0.3) is 0 Å². The summed E-state index contributed by atoms with van der Waals surface area (Å²) < 4.78 is 32.3. The topological polar surface area (TPSA) is 49.7 Å². The lowest BCUT2D eigenvalue weighted by Crippen LogP contribution is -2.35. The molecule has 1 aromatic rings. The van der Waals surface area contributed by atoms with Crippen LogP contribution >= 0.6 is 0 Å². The molecule has 0 aliphatic rings. The summed E-state index contributed by atoms with van der Waals surface area (Å²) in [6.07, 6.45) is 9.31. The SMILES string of the molecule is CCCCCCCCCCOc1cc(F)c(B(O)O)c(F)c1. The zero-order valence-corrected chi connectivity index (χ0v) is 13.2. The van der Waals surface area contributed by atoms with Gasteiger partial charge in [-0.05, 0) is 6.42 Å². The van der Waals surface area contributed by atoms with Gasteiger partial charge in [0.05, 0.1) is 12.1 Å². The first kappa shape index (κ1) is 18.9. The summed E-state index contributed by atoms with van der Waals surface area (Å²) in [5, 5.41) is 17.7. The fourth-order valence-corrected chi connectivity index (χ4v) is 2.32. The molecule has 1 rings (SSSR count). The first-order valence-corrected chi connectivity index (χ1v) is 8.04. The monoisotopic (exact) mass is 314 g/mol. The van der Waals surface area contributed by atoms with E-state index >= 15 is 0 Å². The van der Waals surface area contributed by atoms with Crippen molar-refractivity contribution < 1.29 is 23.6 Å². The van der Waals surface area contributed by atoms with Crippen molar-refractivity contribution in [2.75, 3.05) is 6.61 Å². The second-order valence-corrected chi connectivity index (χ2v) is 5.50. The third-order valence-corrected chi connectivity index (χ3v) is 3.58. The average molecular weight is 314 g/mol. The van der Waals surface area contributed by atoms with Crippen molar-refractivity contribution in [3.8, 4) is 5.75 Å². The van der Waals surface area contributed by atoms with E-state index in [-0.39, 0.29) is 5.75 Å². The van der Waals surface area contributed by atoms with Crippen molar-refractivity contribution in [3.05, 3.63) is 23.8 Å². The molecule has 0 bridgehead atoms. The van der Waals surface area contributed by atoms with Crippen molar-refractivity contribution in [1.29, 1.82) is 0 Å². The van der Waals surface area contributed by atoms with Crippen LogP contribution in [-0.4, -0.2) is 23.8 Å². The van der Waals surface area contributed by atoms with E-state index in [1.165, 1.54) is 32.1 Å². The zero-order valence-electron chi connectivity index (χ0n) is 13.2. The van der Waals surface area contributed by atoms with E-state index in [4.69, 9.17) is 14.8 Å². The molecule has 0 aliphatic heterocycles. The van der Waals surface area contributed by atoms with E-state index in [0.717, 1.165) is 31.4 Å². The molecule has 0 aliphatic carbocycles. The van der Waals surface area contributed by atoms with Crippen LogP contribution in [0.3, 0.4) is 0 Å². The van der Waals surface area contributed by atoms with Gasteiger partial charge in [0, 0.05) is 12.1 Å². The first-order chi connectivity index (χ1) is 10.6. The summed E-state index contributed by atoms with van der Waals surface area (Å²) in [5.74, 6) is -1.95. The lowest BCUT2D eigenvalue weighted by molar-refractivity contribution is 0.301. The fraction of sp³-hybridized carbons (Fsp3) is 0.625. The van der Waals surface area contributed by atoms with Gasteiger partial charge >= 0.3 is 7.12 Å². The predicted octanol–water partition coefficient (Wildman–Crippen LogP) is 3.16. The Balaban J connectivity index is 2.23. The smallest absolute Gasteiger partial charge is 0.493 e. The third kappa shape index (κ3) is 6.75. The Morgan fingerprint density at radius 1 is 0.909 bits per heavy atom. The molecule has 0 unspecified atom stereocenters. The molecule has 0 aromatic heterocycles. The lowest BCUT2D eigenvalue weighted by atomic mass is 9.79. The van der Waals surface area contributed by atoms with Crippen LogP contribution in [-0.2, 0) is 0 Å². The van der Waals surface area contributed by atoms with Crippen LogP contribution < -0.4 is 10.2 Å². The van der Waals surface area contributed by atoms with Crippen molar-refractivity contribution in [1.82, 2.24) is 0 Å². The summed E-state index contributed by atoms with van der Waals surface area (Å²) in [6, 6.07) is 1.95. The van der Waals surface area contributed by atoms with E-state index < -0.39 is 24.2 Å². The predicted molar refractivity (Wildman–Crippen MR) is 84.3 cm³/mol. The number of halogens is 2. The van der Waals surface area contributed by atoms with Crippen LogP contribution in [0, 0.1) is 11.6 Å². The van der Waals surface area contributed by atoms with Crippen molar-refractivity contribution >= 4 is 12.6 Å². The van der Waals surface area contributed by atoms with Crippen LogP contribution in [0.5, 0.6) is 5.75 Å². The van der Waals surface area contributed by atoms with Gasteiger partial charge in [0.2, 0.25) is 0 Å². The number of ether oxygens (including phenoxy) is 1. The molecule has 6 heteroatoms. The second kappa shape index (κ2) is 10.6. The molecule has 1 aromatic carbocycles. The number of unbranched alkanes of at least 4 members (excludes halogenated alkanes) is 7. The Labute approximate surface area is 131 Å². The molecule has 124 valence electrons. The summed E-state index contributed by atoms with van der Waals surface area (Å²) in [5.41, 5.74) is -0.751. The Morgan fingerprint density at radius 2 is 1.41 bits per heavy atom. The highest BCUT2D eigenvalue weighted by Gasteiger charge is 2.22. The van der Waals surface area contributed by atoms with Gasteiger partial charge < -0.3 is 14.8 Å². The molecule has 0 amide bonds. The molecule has 0 saturated carbocycles. The Kier molecular flexibility index (Phi) is 9.08. The van der Waals surface area contributed by atoms with Gasteiger partial charge in [-0.25, -0.2) is 8.78 Å². The van der Waals surface area contributed by atoms with Crippen molar-refractivity contribution in [2.45, 2.75) is 58.3 Å². The maximum atomic E-state index is 13.5. The first-order valence-electron chi connectivity index (χ1n) is 8.04. The van der Waals surface area contributed by atoms with Crippen LogP contribution in [0.15, 0.2) is 12.1 Å². The fourth-order valence-electron chi connectivity index (χ4n) is 2.32. The highest BCUT2D eigenvalue weighted by molar-refractivity contribution is 6.58. The normalized spacial score (nSPS) is 10.8. The summed E-state index contributed by atoms with van der Waals surface area (Å²) in [7, 11) is -2.17. The van der Waals surface area contributed by atoms with Gasteiger partial charge in [0.15, 0.2) is 0 Å². The van der Waals surface area contributed by atoms with E-state index in [2.05, 4.69) is 6.92 Å². The minimum Gasteiger partial charge on any atom is -0.493 e. The standard InChI is InChI=1S/C16H25BF2O3/c1-2-3-4-5-6-7-8-9-10-22-13-11-14(18)16(17(20)21)15(19)12-13/h11-12,20-21H,2-10H2,1H3. The maximum Gasteiger partial charge on any atom is 0.494 e. The summed E-state index contributed by atoms with van der Waals surface area (Å²) in [4.78, 5) is 0. The molecule has 0 heterocycles. The van der Waals surface area contributed by atoms with Crippen LogP contribution in [0.1, 0.15) is 58.3 Å². The van der Waals surface area contributed by atoms with Gasteiger partial charge in [-0.2, -0.15) is 0 Å². The maximum absolute atomic E-state index is 13.5. The minimum absolute atomic E-state index is 0.0716. The molecular weight excluding hydrogens is 289 g/mol. The Hall–Kier alpha value is -1.14. The van der Waals surface area contributed by atoms with Crippen LogP contribution in [0.4, 0.5) is 8.78 Å². The van der Waals surface area contributed by atoms with Gasteiger partial charge in [-0.3, -0.25) is 0 Å². The lowest BCUT2D eigenvalue weighted by Gasteiger charge is -2.09. The molecule has 0 radical (unpaired) electrons. The Bertz CT molecular complexity index is 418. The third-order valence-electron chi connectivity index (χ3n) is 3.58. The quantitative estimate of drug-likeness (QED) is 0.487. The van der Waals surface area contributed by atoms with E-state index in [0.29, 0.717) is 6.61 Å². The van der Waals surface area contributed by atoms with Gasteiger partial charge in [0.1, 0.15) is 17.4 Å². The van der Waals surface area contributed by atoms with E-state index in [9.17, 15) is 8.78 Å². The molecule has 22 heavy (non-hydrogen) atoms. The molecule has 0 atom stereocenters. The number of benzene rings is 1. The number of rotatable bonds is 11.